The molecule has 6 heteroatoms. The van der Waals surface area contributed by atoms with Gasteiger partial charge in [-0.25, -0.2) is 4.79 Å². The number of nitrogens with one attached hydrogen (secondary N) is 1. The Balaban J connectivity index is 1.53. The zero-order chi connectivity index (χ0) is 14.4. The van der Waals surface area contributed by atoms with Crippen molar-refractivity contribution in [1.82, 2.24) is 10.2 Å². The maximum absolute atomic E-state index is 11.8. The van der Waals surface area contributed by atoms with Gasteiger partial charge in [0.05, 0.1) is 12.5 Å². The number of likely N-dealkylation sites (tertiary alicyclic amines) is 1. The van der Waals surface area contributed by atoms with Crippen LogP contribution in [-0.2, 0) is 9.53 Å². The minimum atomic E-state index is -0.819. The molecule has 0 aromatic carbocycles. The van der Waals surface area contributed by atoms with E-state index >= 15 is 0 Å². The van der Waals surface area contributed by atoms with E-state index in [0.717, 1.165) is 6.61 Å². The Labute approximate surface area is 119 Å². The lowest BCUT2D eigenvalue weighted by molar-refractivity contribution is -0.141. The van der Waals surface area contributed by atoms with E-state index in [0.29, 0.717) is 38.6 Å². The van der Waals surface area contributed by atoms with Gasteiger partial charge in [-0.2, -0.15) is 0 Å². The third kappa shape index (κ3) is 4.37. The molecule has 1 atom stereocenters. The minimum absolute atomic E-state index is 0.182. The summed E-state index contributed by atoms with van der Waals surface area (Å²) < 4.78 is 5.56. The molecule has 1 aliphatic carbocycles. The summed E-state index contributed by atoms with van der Waals surface area (Å²) in [4.78, 5) is 24.2. The third-order valence-electron chi connectivity index (χ3n) is 4.18. The first-order chi connectivity index (χ1) is 9.66. The molecule has 0 aromatic heterocycles. The smallest absolute Gasteiger partial charge is 0.317 e. The van der Waals surface area contributed by atoms with Crippen LogP contribution in [0.25, 0.3) is 0 Å². The molecule has 2 aliphatic rings. The number of hydrogen-bond acceptors (Lipinski definition) is 3. The van der Waals surface area contributed by atoms with Gasteiger partial charge in [-0.3, -0.25) is 4.79 Å². The molecule has 1 heterocycles. The van der Waals surface area contributed by atoms with Gasteiger partial charge in [-0.05, 0) is 25.2 Å². The van der Waals surface area contributed by atoms with Crippen LogP contribution in [0.15, 0.2) is 0 Å². The zero-order valence-electron chi connectivity index (χ0n) is 11.8. The summed E-state index contributed by atoms with van der Waals surface area (Å²) in [6.45, 7) is 2.63. The molecule has 1 unspecified atom stereocenters. The van der Waals surface area contributed by atoms with Gasteiger partial charge in [0.25, 0.3) is 0 Å². The van der Waals surface area contributed by atoms with Crippen molar-refractivity contribution in [2.45, 2.75) is 32.1 Å². The second-order valence-electron chi connectivity index (χ2n) is 5.73. The first kappa shape index (κ1) is 15.1. The van der Waals surface area contributed by atoms with Crippen LogP contribution < -0.4 is 5.32 Å². The topological polar surface area (TPSA) is 78.9 Å². The Morgan fingerprint density at radius 2 is 2.00 bits per heavy atom. The number of aliphatic carboxylic acids is 1. The average molecular weight is 284 g/mol. The lowest BCUT2D eigenvalue weighted by Gasteiger charge is -2.17. The molecule has 1 saturated heterocycles. The quantitative estimate of drug-likeness (QED) is 0.721. The van der Waals surface area contributed by atoms with Crippen molar-refractivity contribution >= 4 is 12.0 Å². The van der Waals surface area contributed by atoms with Crippen LogP contribution in [0.2, 0.25) is 0 Å². The van der Waals surface area contributed by atoms with Gasteiger partial charge in [-0.15, -0.1) is 0 Å². The first-order valence-electron chi connectivity index (χ1n) is 7.50. The molecule has 0 spiro atoms. The third-order valence-corrected chi connectivity index (χ3v) is 4.18. The highest BCUT2D eigenvalue weighted by molar-refractivity contribution is 5.77. The van der Waals surface area contributed by atoms with Crippen molar-refractivity contribution in [1.29, 1.82) is 0 Å². The van der Waals surface area contributed by atoms with Gasteiger partial charge in [0.15, 0.2) is 0 Å². The van der Waals surface area contributed by atoms with Crippen molar-refractivity contribution in [3.05, 3.63) is 0 Å². The largest absolute Gasteiger partial charge is 0.481 e. The maximum Gasteiger partial charge on any atom is 0.317 e. The number of hydrogen-bond donors (Lipinski definition) is 2. The molecule has 0 radical (unpaired) electrons. The summed E-state index contributed by atoms with van der Waals surface area (Å²) in [5.74, 6) is -0.542. The summed E-state index contributed by atoms with van der Waals surface area (Å²) in [7, 11) is 0. The number of carbonyl (C=O) groups is 2. The second kappa shape index (κ2) is 7.47. The highest BCUT2D eigenvalue weighted by Gasteiger charge is 2.30. The normalized spacial score (nSPS) is 23.2. The van der Waals surface area contributed by atoms with Crippen LogP contribution in [0.4, 0.5) is 4.79 Å². The fourth-order valence-electron chi connectivity index (χ4n) is 2.92. The Bertz CT molecular complexity index is 342. The van der Waals surface area contributed by atoms with Gasteiger partial charge in [0.1, 0.15) is 0 Å². The molecule has 1 aliphatic heterocycles. The Kier molecular flexibility index (Phi) is 5.64. The number of nitrogens with zero attached hydrogens (tertiary/aromatic N) is 1. The van der Waals surface area contributed by atoms with E-state index in [1.165, 1.54) is 25.7 Å². The summed E-state index contributed by atoms with van der Waals surface area (Å²) in [5.41, 5.74) is 0. The fraction of sp³-hybridized carbons (Fsp3) is 0.857. The van der Waals surface area contributed by atoms with Crippen LogP contribution in [0.1, 0.15) is 32.1 Å². The molecule has 0 bridgehead atoms. The molecule has 114 valence electrons. The van der Waals surface area contributed by atoms with Crippen LogP contribution in [0, 0.1) is 11.8 Å². The number of amides is 2. The molecule has 2 fully saturated rings. The number of ether oxygens (including phenoxy) is 1. The maximum atomic E-state index is 11.8. The van der Waals surface area contributed by atoms with E-state index in [-0.39, 0.29) is 6.03 Å². The van der Waals surface area contributed by atoms with Gasteiger partial charge in [-0.1, -0.05) is 12.8 Å². The van der Waals surface area contributed by atoms with Crippen molar-refractivity contribution in [2.75, 3.05) is 32.8 Å². The fourth-order valence-corrected chi connectivity index (χ4v) is 2.92. The van der Waals surface area contributed by atoms with E-state index < -0.39 is 11.9 Å². The van der Waals surface area contributed by atoms with Gasteiger partial charge < -0.3 is 20.1 Å². The Morgan fingerprint density at radius 1 is 1.25 bits per heavy atom. The second-order valence-corrected chi connectivity index (χ2v) is 5.73. The van der Waals surface area contributed by atoms with Crippen LogP contribution in [0.5, 0.6) is 0 Å². The van der Waals surface area contributed by atoms with E-state index in [4.69, 9.17) is 9.84 Å². The number of rotatable bonds is 6. The molecule has 0 aromatic rings. The first-order valence-corrected chi connectivity index (χ1v) is 7.50. The zero-order valence-corrected chi connectivity index (χ0v) is 11.8. The molecule has 1 saturated carbocycles. The van der Waals surface area contributed by atoms with Gasteiger partial charge in [0.2, 0.25) is 0 Å². The molecular weight excluding hydrogens is 260 g/mol. The van der Waals surface area contributed by atoms with Crippen molar-refractivity contribution in [2.24, 2.45) is 11.8 Å². The average Bonchev–Trinajstić information content (AvgIpc) is 3.09. The predicted octanol–water partition coefficient (Wildman–Crippen LogP) is 1.31. The van der Waals surface area contributed by atoms with E-state index in [1.807, 2.05) is 0 Å². The monoisotopic (exact) mass is 284 g/mol. The highest BCUT2D eigenvalue weighted by Crippen LogP contribution is 2.24. The summed E-state index contributed by atoms with van der Waals surface area (Å²) in [6.07, 6.45) is 5.68. The molecule has 2 N–H and O–H groups in total. The number of carbonyl (C=O) groups excluding carboxylic acids is 1. The van der Waals surface area contributed by atoms with Crippen LogP contribution in [-0.4, -0.2) is 54.9 Å². The summed E-state index contributed by atoms with van der Waals surface area (Å²) in [5, 5.41) is 11.7. The Morgan fingerprint density at radius 3 is 2.65 bits per heavy atom. The number of carboxylic acid groups (broad SMARTS) is 1. The van der Waals surface area contributed by atoms with Crippen molar-refractivity contribution in [3.63, 3.8) is 0 Å². The molecule has 2 rings (SSSR count). The van der Waals surface area contributed by atoms with E-state index in [9.17, 15) is 9.59 Å². The van der Waals surface area contributed by atoms with E-state index in [2.05, 4.69) is 5.32 Å². The van der Waals surface area contributed by atoms with Crippen molar-refractivity contribution in [3.8, 4) is 0 Å². The SMILES string of the molecule is O=C(O)C1CCN(C(=O)NCCOCC2CCCC2)C1. The minimum Gasteiger partial charge on any atom is -0.481 e. The Hall–Kier alpha value is -1.30. The lowest BCUT2D eigenvalue weighted by atomic mass is 10.1. The van der Waals surface area contributed by atoms with Crippen LogP contribution >= 0.6 is 0 Å². The molecule has 6 nitrogen and oxygen atoms in total. The highest BCUT2D eigenvalue weighted by atomic mass is 16.5. The number of carboxylic acids is 1. The lowest BCUT2D eigenvalue weighted by Crippen LogP contribution is -2.40. The van der Waals surface area contributed by atoms with E-state index in [1.54, 1.807) is 4.90 Å². The number of urea groups is 1. The van der Waals surface area contributed by atoms with Crippen molar-refractivity contribution < 1.29 is 19.4 Å². The summed E-state index contributed by atoms with van der Waals surface area (Å²) in [6, 6.07) is -0.182. The standard InChI is InChI=1S/C14H24N2O4/c17-13(18)12-5-7-16(9-12)14(19)15-6-8-20-10-11-3-1-2-4-11/h11-12H,1-10H2,(H,15,19)(H,17,18). The van der Waals surface area contributed by atoms with Gasteiger partial charge in [0, 0.05) is 26.2 Å². The van der Waals surface area contributed by atoms with Gasteiger partial charge >= 0.3 is 12.0 Å². The summed E-state index contributed by atoms with van der Waals surface area (Å²) >= 11 is 0. The predicted molar refractivity (Wildman–Crippen MR) is 73.5 cm³/mol. The molecule has 2 amide bonds. The molecule has 20 heavy (non-hydrogen) atoms. The molecular formula is C14H24N2O4. The van der Waals surface area contributed by atoms with Crippen LogP contribution in [0.3, 0.4) is 0 Å².